The van der Waals surface area contributed by atoms with Crippen molar-refractivity contribution in [2.24, 2.45) is 0 Å². The van der Waals surface area contributed by atoms with Gasteiger partial charge < -0.3 is 9.79 Å². The predicted octanol–water partition coefficient (Wildman–Crippen LogP) is -2.05. The fourth-order valence-electron chi connectivity index (χ4n) is 0. The standard InChI is InChI=1S/H6NO3PSi/c2-5(3,4)1-6/h6H3,(H3,1,2,3,4). The van der Waals surface area contributed by atoms with E-state index < -0.39 is 7.75 Å². The molecule has 4 nitrogen and oxygen atoms in total. The maximum absolute atomic E-state index is 9.62. The van der Waals surface area contributed by atoms with E-state index in [2.05, 4.69) is 0 Å². The van der Waals surface area contributed by atoms with Gasteiger partial charge in [-0.25, -0.2) is 4.57 Å². The van der Waals surface area contributed by atoms with Crippen molar-refractivity contribution in [2.75, 3.05) is 0 Å². The minimum absolute atomic E-state index is 0.335. The Morgan fingerprint density at radius 3 is 1.83 bits per heavy atom. The first-order valence-electron chi connectivity index (χ1n) is 1.31. The van der Waals surface area contributed by atoms with Crippen molar-refractivity contribution in [3.8, 4) is 0 Å². The van der Waals surface area contributed by atoms with Gasteiger partial charge in [0.15, 0.2) is 0 Å². The molecule has 0 saturated heterocycles. The van der Waals surface area contributed by atoms with Crippen LogP contribution in [0.4, 0.5) is 0 Å². The molecule has 0 unspecified atom stereocenters. The van der Waals surface area contributed by atoms with Crippen molar-refractivity contribution >= 4 is 18.2 Å². The molecule has 0 spiro atoms. The Morgan fingerprint density at radius 2 is 1.83 bits per heavy atom. The lowest BCUT2D eigenvalue weighted by molar-refractivity contribution is 0.369. The Morgan fingerprint density at radius 1 is 1.67 bits per heavy atom. The second kappa shape index (κ2) is 1.86. The quantitative estimate of drug-likeness (QED) is 0.280. The first kappa shape index (κ1) is 6.33. The van der Waals surface area contributed by atoms with Crippen molar-refractivity contribution in [2.45, 2.75) is 0 Å². The van der Waals surface area contributed by atoms with Crippen LogP contribution in [0, 0.1) is 0 Å². The van der Waals surface area contributed by atoms with Gasteiger partial charge in [-0.1, -0.05) is 0 Å². The zero-order valence-electron chi connectivity index (χ0n) is 3.25. The third kappa shape index (κ3) is 4.33. The van der Waals surface area contributed by atoms with Gasteiger partial charge in [0.05, 0.1) is 10.4 Å². The molecule has 0 rings (SSSR count). The molecule has 0 atom stereocenters. The predicted molar refractivity (Wildman–Crippen MR) is 25.1 cm³/mol. The molecule has 0 aromatic rings. The maximum Gasteiger partial charge on any atom is 0.393 e. The van der Waals surface area contributed by atoms with Gasteiger partial charge in [-0.3, -0.25) is 4.75 Å². The Bertz CT molecular complexity index is 74.9. The van der Waals surface area contributed by atoms with Crippen LogP contribution >= 0.6 is 7.75 Å². The molecule has 0 aliphatic heterocycles. The minimum Gasteiger partial charge on any atom is -0.313 e. The second-order valence-corrected chi connectivity index (χ2v) is 3.64. The summed E-state index contributed by atoms with van der Waals surface area (Å²) >= 11 is 0. The fraction of sp³-hybridized carbons (Fsp3) is 0. The highest BCUT2D eigenvalue weighted by molar-refractivity contribution is 7.50. The summed E-state index contributed by atoms with van der Waals surface area (Å²) in [6.07, 6.45) is 0. The van der Waals surface area contributed by atoms with Gasteiger partial charge in [0.25, 0.3) is 0 Å². The van der Waals surface area contributed by atoms with Crippen molar-refractivity contribution in [1.29, 1.82) is 0 Å². The van der Waals surface area contributed by atoms with Crippen LogP contribution in [0.2, 0.25) is 0 Å². The van der Waals surface area contributed by atoms with Crippen molar-refractivity contribution < 1.29 is 14.4 Å². The van der Waals surface area contributed by atoms with Gasteiger partial charge in [-0.2, -0.15) is 0 Å². The average Bonchev–Trinajstić information content (AvgIpc) is 1.35. The smallest absolute Gasteiger partial charge is 0.313 e. The molecule has 0 aliphatic rings. The van der Waals surface area contributed by atoms with Crippen LogP contribution < -0.4 is 4.75 Å². The van der Waals surface area contributed by atoms with Crippen LogP contribution in [-0.4, -0.2) is 20.2 Å². The van der Waals surface area contributed by atoms with E-state index in [1.54, 1.807) is 0 Å². The average molecular weight is 127 g/mol. The third-order valence-electron chi connectivity index (χ3n) is 0.291. The van der Waals surface area contributed by atoms with E-state index in [9.17, 15) is 4.57 Å². The highest BCUT2D eigenvalue weighted by atomic mass is 31.2. The van der Waals surface area contributed by atoms with E-state index in [4.69, 9.17) is 9.79 Å². The molecule has 0 radical (unpaired) electrons. The highest BCUT2D eigenvalue weighted by Gasteiger charge is 2.03. The molecular formula is H6NO3PSi. The van der Waals surface area contributed by atoms with Crippen LogP contribution in [-0.2, 0) is 4.57 Å². The molecule has 0 fully saturated rings. The molecular weight excluding hydrogens is 121 g/mol. The Labute approximate surface area is 38.3 Å². The molecule has 6 heteroatoms. The van der Waals surface area contributed by atoms with Crippen molar-refractivity contribution in [1.82, 2.24) is 4.75 Å². The van der Waals surface area contributed by atoms with E-state index in [1.165, 1.54) is 0 Å². The largest absolute Gasteiger partial charge is 0.393 e. The van der Waals surface area contributed by atoms with Gasteiger partial charge in [0.2, 0.25) is 0 Å². The molecule has 0 amide bonds. The van der Waals surface area contributed by atoms with Crippen LogP contribution in [0.25, 0.3) is 0 Å². The summed E-state index contributed by atoms with van der Waals surface area (Å²) < 4.78 is 11.5. The fourth-order valence-corrected chi connectivity index (χ4v) is 0. The summed E-state index contributed by atoms with van der Waals surface area (Å²) in [5.41, 5.74) is 0. The SMILES string of the molecule is O=P(O)(O)N[SiH3]. The summed E-state index contributed by atoms with van der Waals surface area (Å²) in [6.45, 7) is 0. The summed E-state index contributed by atoms with van der Waals surface area (Å²) in [5, 5.41) is 0. The number of hydrogen-bond donors (Lipinski definition) is 3. The number of rotatable bonds is 1. The number of hydrogen-bond acceptors (Lipinski definition) is 1. The molecule has 0 aromatic heterocycles. The molecule has 0 heterocycles. The number of nitrogens with one attached hydrogen (secondary N) is 1. The second-order valence-electron chi connectivity index (χ2n) is 0.768. The normalized spacial score (nSPS) is 12.3. The summed E-state index contributed by atoms with van der Waals surface area (Å²) in [6, 6.07) is 0. The molecule has 0 bridgehead atoms. The zero-order valence-corrected chi connectivity index (χ0v) is 6.14. The topological polar surface area (TPSA) is 69.6 Å². The molecule has 0 aromatic carbocycles. The Balaban J connectivity index is 3.48. The van der Waals surface area contributed by atoms with Gasteiger partial charge in [0.1, 0.15) is 0 Å². The van der Waals surface area contributed by atoms with Crippen molar-refractivity contribution in [3.63, 3.8) is 0 Å². The van der Waals surface area contributed by atoms with E-state index in [0.29, 0.717) is 10.4 Å². The highest BCUT2D eigenvalue weighted by Crippen LogP contribution is 2.25. The van der Waals surface area contributed by atoms with Gasteiger partial charge in [-0.05, 0) is 0 Å². The third-order valence-corrected chi connectivity index (χ3v) is 2.62. The lowest BCUT2D eigenvalue weighted by Crippen LogP contribution is -2.01. The van der Waals surface area contributed by atoms with E-state index in [1.807, 2.05) is 4.75 Å². The summed E-state index contributed by atoms with van der Waals surface area (Å²) in [5.74, 6) is 0. The van der Waals surface area contributed by atoms with Gasteiger partial charge >= 0.3 is 7.75 Å². The van der Waals surface area contributed by atoms with E-state index in [0.717, 1.165) is 0 Å². The van der Waals surface area contributed by atoms with E-state index >= 15 is 0 Å². The van der Waals surface area contributed by atoms with Gasteiger partial charge in [0, 0.05) is 0 Å². The minimum atomic E-state index is -3.83. The van der Waals surface area contributed by atoms with Crippen LogP contribution in [0.3, 0.4) is 0 Å². The van der Waals surface area contributed by atoms with Crippen LogP contribution in [0.15, 0.2) is 0 Å². The monoisotopic (exact) mass is 127 g/mol. The molecule has 0 saturated carbocycles. The molecule has 3 N–H and O–H groups in total. The van der Waals surface area contributed by atoms with E-state index in [-0.39, 0.29) is 0 Å². The summed E-state index contributed by atoms with van der Waals surface area (Å²) in [4.78, 5) is 15.7. The summed E-state index contributed by atoms with van der Waals surface area (Å²) in [7, 11) is -3.50. The molecule has 6 heavy (non-hydrogen) atoms. The lowest BCUT2D eigenvalue weighted by atomic mass is 13.9. The molecule has 0 aliphatic carbocycles. The first-order chi connectivity index (χ1) is 2.56. The Hall–Kier alpha value is 0.327. The van der Waals surface area contributed by atoms with Gasteiger partial charge in [-0.15, -0.1) is 0 Å². The first-order valence-corrected chi connectivity index (χ1v) is 3.92. The van der Waals surface area contributed by atoms with Crippen molar-refractivity contribution in [3.05, 3.63) is 0 Å². The van der Waals surface area contributed by atoms with Crippen LogP contribution in [0.1, 0.15) is 0 Å². The molecule has 38 valence electrons. The lowest BCUT2D eigenvalue weighted by Gasteiger charge is -1.95. The maximum atomic E-state index is 9.62. The zero-order chi connectivity index (χ0) is 5.21. The Kier molecular flexibility index (Phi) is 1.96. The van der Waals surface area contributed by atoms with Crippen LogP contribution in [0.5, 0.6) is 0 Å².